The van der Waals surface area contributed by atoms with Crippen LogP contribution in [0, 0.1) is 12.3 Å². The van der Waals surface area contributed by atoms with Crippen molar-refractivity contribution in [1.82, 2.24) is 10.3 Å². The first kappa shape index (κ1) is 14.1. The van der Waals surface area contributed by atoms with Crippen LogP contribution in [0.25, 0.3) is 0 Å². The van der Waals surface area contributed by atoms with E-state index in [0.717, 1.165) is 13.1 Å². The van der Waals surface area contributed by atoms with Gasteiger partial charge in [0.1, 0.15) is 6.10 Å². The fraction of sp³-hybridized carbons (Fsp3) is 0.300. The average molecular weight is 247 g/mol. The molecule has 82 valence electrons. The van der Waals surface area contributed by atoms with Crippen molar-refractivity contribution in [2.75, 3.05) is 13.1 Å². The van der Waals surface area contributed by atoms with Gasteiger partial charge in [0.15, 0.2) is 11.4 Å². The van der Waals surface area contributed by atoms with E-state index in [0.29, 0.717) is 11.4 Å². The Hall–Kier alpha value is -0.950. The van der Waals surface area contributed by atoms with Crippen LogP contribution in [-0.2, 0) is 0 Å². The average Bonchev–Trinajstić information content (AvgIpc) is 2.12. The summed E-state index contributed by atoms with van der Waals surface area (Å²) in [4.78, 5) is 4.03. The SMILES string of the molecule is C#Cc1ncccc1OC1CNC1.Cl.Cl. The Balaban J connectivity index is 0.000000980. The zero-order valence-electron chi connectivity index (χ0n) is 7.97. The Labute approximate surface area is 101 Å². The topological polar surface area (TPSA) is 34.1 Å². The highest BCUT2D eigenvalue weighted by Gasteiger charge is 2.19. The molecule has 0 amide bonds. The molecular formula is C10H12Cl2N2O. The highest BCUT2D eigenvalue weighted by atomic mass is 35.5. The molecule has 0 aromatic carbocycles. The van der Waals surface area contributed by atoms with Crippen LogP contribution in [-0.4, -0.2) is 24.2 Å². The molecule has 1 aromatic rings. The Bertz CT molecular complexity index is 348. The first-order valence-electron chi connectivity index (χ1n) is 4.19. The first-order chi connectivity index (χ1) is 6.40. The van der Waals surface area contributed by atoms with E-state index in [2.05, 4.69) is 16.2 Å². The van der Waals surface area contributed by atoms with Gasteiger partial charge in [-0.1, -0.05) is 0 Å². The summed E-state index contributed by atoms with van der Waals surface area (Å²) in [5.41, 5.74) is 0.578. The molecule has 1 fully saturated rings. The fourth-order valence-corrected chi connectivity index (χ4v) is 1.12. The minimum atomic E-state index is 0. The second-order valence-corrected chi connectivity index (χ2v) is 2.89. The molecule has 0 atom stereocenters. The molecule has 3 nitrogen and oxygen atoms in total. The van der Waals surface area contributed by atoms with Gasteiger partial charge in [0, 0.05) is 19.3 Å². The van der Waals surface area contributed by atoms with Crippen molar-refractivity contribution < 1.29 is 4.74 Å². The highest BCUT2D eigenvalue weighted by Crippen LogP contribution is 2.16. The van der Waals surface area contributed by atoms with E-state index in [1.807, 2.05) is 12.1 Å². The van der Waals surface area contributed by atoms with Gasteiger partial charge >= 0.3 is 0 Å². The third-order valence-corrected chi connectivity index (χ3v) is 1.95. The smallest absolute Gasteiger partial charge is 0.154 e. The van der Waals surface area contributed by atoms with E-state index in [1.54, 1.807) is 6.20 Å². The molecule has 15 heavy (non-hydrogen) atoms. The van der Waals surface area contributed by atoms with Gasteiger partial charge in [-0.05, 0) is 18.1 Å². The lowest BCUT2D eigenvalue weighted by Crippen LogP contribution is -2.50. The van der Waals surface area contributed by atoms with Gasteiger partial charge in [0.2, 0.25) is 0 Å². The summed E-state index contributed by atoms with van der Waals surface area (Å²) in [6.45, 7) is 1.78. The molecule has 1 aliphatic heterocycles. The van der Waals surface area contributed by atoms with Gasteiger partial charge in [0.25, 0.3) is 0 Å². The van der Waals surface area contributed by atoms with Crippen molar-refractivity contribution in [2.45, 2.75) is 6.10 Å². The van der Waals surface area contributed by atoms with Crippen molar-refractivity contribution >= 4 is 24.8 Å². The van der Waals surface area contributed by atoms with Crippen LogP contribution in [0.2, 0.25) is 0 Å². The zero-order chi connectivity index (χ0) is 9.10. The standard InChI is InChI=1S/C10H10N2O.2ClH/c1-2-9-10(4-3-5-12-9)13-8-6-11-7-8;;/h1,3-5,8,11H,6-7H2;2*1H. The van der Waals surface area contributed by atoms with Crippen LogP contribution in [0.15, 0.2) is 18.3 Å². The third kappa shape index (κ3) is 3.28. The monoisotopic (exact) mass is 246 g/mol. The number of rotatable bonds is 2. The summed E-state index contributed by atoms with van der Waals surface area (Å²) in [6, 6.07) is 3.67. The van der Waals surface area contributed by atoms with Crippen molar-refractivity contribution in [3.8, 4) is 18.1 Å². The maximum Gasteiger partial charge on any atom is 0.154 e. The van der Waals surface area contributed by atoms with Crippen LogP contribution in [0.1, 0.15) is 5.69 Å². The molecule has 0 radical (unpaired) electrons. The van der Waals surface area contributed by atoms with E-state index in [4.69, 9.17) is 11.2 Å². The van der Waals surface area contributed by atoms with Crippen molar-refractivity contribution in [2.24, 2.45) is 0 Å². The van der Waals surface area contributed by atoms with Crippen LogP contribution < -0.4 is 10.1 Å². The van der Waals surface area contributed by atoms with Crippen LogP contribution >= 0.6 is 24.8 Å². The Morgan fingerprint density at radius 2 is 2.20 bits per heavy atom. The minimum Gasteiger partial charge on any atom is -0.485 e. The van der Waals surface area contributed by atoms with E-state index < -0.39 is 0 Å². The molecule has 1 aromatic heterocycles. The molecular weight excluding hydrogens is 235 g/mol. The van der Waals surface area contributed by atoms with Gasteiger partial charge in [-0.3, -0.25) is 0 Å². The van der Waals surface area contributed by atoms with Crippen LogP contribution in [0.5, 0.6) is 5.75 Å². The van der Waals surface area contributed by atoms with E-state index in [-0.39, 0.29) is 30.9 Å². The molecule has 0 aliphatic carbocycles. The minimum absolute atomic E-state index is 0. The number of pyridine rings is 1. The summed E-state index contributed by atoms with van der Waals surface area (Å²) < 4.78 is 5.60. The molecule has 0 saturated carbocycles. The quantitative estimate of drug-likeness (QED) is 0.799. The predicted octanol–water partition coefficient (Wildman–Crippen LogP) is 1.26. The van der Waals surface area contributed by atoms with Gasteiger partial charge in [-0.25, -0.2) is 4.98 Å². The molecule has 1 saturated heterocycles. The second kappa shape index (κ2) is 6.52. The third-order valence-electron chi connectivity index (χ3n) is 1.95. The number of halogens is 2. The fourth-order valence-electron chi connectivity index (χ4n) is 1.12. The molecule has 0 spiro atoms. The molecule has 0 bridgehead atoms. The first-order valence-corrected chi connectivity index (χ1v) is 4.19. The molecule has 1 aliphatic rings. The lowest BCUT2D eigenvalue weighted by molar-refractivity contribution is 0.141. The van der Waals surface area contributed by atoms with Gasteiger partial charge in [-0.2, -0.15) is 0 Å². The maximum absolute atomic E-state index is 5.60. The number of ether oxygens (including phenoxy) is 1. The van der Waals surface area contributed by atoms with E-state index in [1.165, 1.54) is 0 Å². The number of aromatic nitrogens is 1. The summed E-state index contributed by atoms with van der Waals surface area (Å²) in [5, 5.41) is 3.12. The van der Waals surface area contributed by atoms with E-state index >= 15 is 0 Å². The van der Waals surface area contributed by atoms with E-state index in [9.17, 15) is 0 Å². The molecule has 1 N–H and O–H groups in total. The van der Waals surface area contributed by atoms with Gasteiger partial charge in [0.05, 0.1) is 0 Å². The Morgan fingerprint density at radius 3 is 2.73 bits per heavy atom. The molecule has 2 rings (SSSR count). The van der Waals surface area contributed by atoms with Crippen molar-refractivity contribution in [3.63, 3.8) is 0 Å². The van der Waals surface area contributed by atoms with Gasteiger partial charge < -0.3 is 10.1 Å². The predicted molar refractivity (Wildman–Crippen MR) is 64.0 cm³/mol. The maximum atomic E-state index is 5.60. The normalized spacial score (nSPS) is 13.8. The van der Waals surface area contributed by atoms with Gasteiger partial charge in [-0.15, -0.1) is 31.2 Å². The number of terminal acetylenes is 1. The lowest BCUT2D eigenvalue weighted by atomic mass is 10.2. The largest absolute Gasteiger partial charge is 0.485 e. The summed E-state index contributed by atoms with van der Waals surface area (Å²) in [5.74, 6) is 3.20. The number of hydrogen-bond acceptors (Lipinski definition) is 3. The Kier molecular flexibility index (Phi) is 6.11. The lowest BCUT2D eigenvalue weighted by Gasteiger charge is -2.27. The molecule has 2 heterocycles. The second-order valence-electron chi connectivity index (χ2n) is 2.89. The van der Waals surface area contributed by atoms with Crippen molar-refractivity contribution in [1.29, 1.82) is 0 Å². The van der Waals surface area contributed by atoms with Crippen molar-refractivity contribution in [3.05, 3.63) is 24.0 Å². The summed E-state index contributed by atoms with van der Waals surface area (Å²) in [6.07, 6.45) is 7.19. The summed E-state index contributed by atoms with van der Waals surface area (Å²) in [7, 11) is 0. The summed E-state index contributed by atoms with van der Waals surface area (Å²) >= 11 is 0. The molecule has 5 heteroatoms. The Morgan fingerprint density at radius 1 is 1.47 bits per heavy atom. The number of nitrogens with zero attached hydrogens (tertiary/aromatic N) is 1. The zero-order valence-corrected chi connectivity index (χ0v) is 9.61. The number of hydrogen-bond donors (Lipinski definition) is 1. The number of nitrogens with one attached hydrogen (secondary N) is 1. The molecule has 0 unspecified atom stereocenters. The highest BCUT2D eigenvalue weighted by molar-refractivity contribution is 5.85. The van der Waals surface area contributed by atoms with Crippen LogP contribution in [0.3, 0.4) is 0 Å². The van der Waals surface area contributed by atoms with Crippen LogP contribution in [0.4, 0.5) is 0 Å².